The Hall–Kier alpha value is 0.0700. The van der Waals surface area contributed by atoms with E-state index >= 15 is 0 Å². The average Bonchev–Trinajstić information content (AvgIpc) is 2.26. The van der Waals surface area contributed by atoms with Crippen LogP contribution in [0.15, 0.2) is 0 Å². The van der Waals surface area contributed by atoms with Crippen LogP contribution in [0.4, 0.5) is 0 Å². The molecule has 0 bridgehead atoms. The van der Waals surface area contributed by atoms with Gasteiger partial charge >= 0.3 is 0 Å². The summed E-state index contributed by atoms with van der Waals surface area (Å²) in [6.45, 7) is 4.75. The van der Waals surface area contributed by atoms with Crippen LogP contribution in [0.3, 0.4) is 0 Å². The maximum atomic E-state index is 11.5. The molecule has 90 valence electrons. The molecule has 1 heterocycles. The van der Waals surface area contributed by atoms with Crippen molar-refractivity contribution < 1.29 is 13.8 Å². The van der Waals surface area contributed by atoms with Crippen LogP contribution in [-0.4, -0.2) is 46.1 Å². The first-order valence-corrected chi connectivity index (χ1v) is 7.41. The van der Waals surface area contributed by atoms with Gasteiger partial charge < -0.3 is 14.6 Å². The van der Waals surface area contributed by atoms with Crippen molar-refractivity contribution in [1.82, 2.24) is 10.4 Å². The Morgan fingerprint density at radius 2 is 2.07 bits per heavy atom. The molecule has 2 N–H and O–H groups in total. The summed E-state index contributed by atoms with van der Waals surface area (Å²) in [4.78, 5) is 0. The Labute approximate surface area is 91.4 Å². The molecular formula is C9H21N2O3P. The molecule has 0 aromatic carbocycles. The molecule has 1 aliphatic heterocycles. The van der Waals surface area contributed by atoms with E-state index in [0.29, 0.717) is 12.6 Å². The Morgan fingerprint density at radius 1 is 1.40 bits per heavy atom. The van der Waals surface area contributed by atoms with Gasteiger partial charge in [0, 0.05) is 46.1 Å². The van der Waals surface area contributed by atoms with E-state index in [9.17, 15) is 4.57 Å². The molecule has 0 amide bonds. The maximum absolute atomic E-state index is 11.5. The molecule has 0 aromatic heterocycles. The van der Waals surface area contributed by atoms with E-state index in [-0.39, 0.29) is 0 Å². The molecule has 1 unspecified atom stereocenters. The van der Waals surface area contributed by atoms with E-state index in [1.54, 1.807) is 6.66 Å². The summed E-state index contributed by atoms with van der Waals surface area (Å²) in [7, 11) is -1.10. The van der Waals surface area contributed by atoms with Gasteiger partial charge in [-0.15, -0.1) is 0 Å². The molecule has 1 fully saturated rings. The van der Waals surface area contributed by atoms with Gasteiger partial charge in [-0.3, -0.25) is 4.57 Å². The summed E-state index contributed by atoms with van der Waals surface area (Å²) in [6.07, 6.45) is 2.13. The Balaban J connectivity index is 2.03. The summed E-state index contributed by atoms with van der Waals surface area (Å²) in [6, 6.07) is 0.541. The zero-order valence-corrected chi connectivity index (χ0v) is 10.4. The van der Waals surface area contributed by atoms with Gasteiger partial charge in [0.1, 0.15) is 0 Å². The predicted molar refractivity (Wildman–Crippen MR) is 60.4 cm³/mol. The zero-order chi connectivity index (χ0) is 11.1. The Morgan fingerprint density at radius 3 is 2.67 bits per heavy atom. The highest BCUT2D eigenvalue weighted by atomic mass is 31.2. The molecule has 5 nitrogen and oxygen atoms in total. The summed E-state index contributed by atoms with van der Waals surface area (Å²) in [5, 5.41) is 6.29. The molecular weight excluding hydrogens is 215 g/mol. The average molecular weight is 236 g/mol. The van der Waals surface area contributed by atoms with E-state index in [2.05, 4.69) is 10.4 Å². The van der Waals surface area contributed by atoms with Crippen LogP contribution >= 0.6 is 7.52 Å². The van der Waals surface area contributed by atoms with Crippen LogP contribution in [-0.2, 0) is 13.8 Å². The van der Waals surface area contributed by atoms with Crippen molar-refractivity contribution in [3.63, 3.8) is 0 Å². The van der Waals surface area contributed by atoms with Gasteiger partial charge in [0.25, 0.3) is 7.52 Å². The molecule has 0 saturated carbocycles. The topological polar surface area (TPSA) is 59.6 Å². The predicted octanol–water partition coefficient (Wildman–Crippen LogP) is 0.814. The van der Waals surface area contributed by atoms with Crippen molar-refractivity contribution in [2.24, 2.45) is 0 Å². The van der Waals surface area contributed by atoms with Gasteiger partial charge in [0.15, 0.2) is 0 Å². The lowest BCUT2D eigenvalue weighted by atomic mass is 10.1. The molecule has 0 radical (unpaired) electrons. The number of hydrogen-bond acceptors (Lipinski definition) is 4. The van der Waals surface area contributed by atoms with Crippen molar-refractivity contribution in [2.45, 2.75) is 18.9 Å². The molecule has 15 heavy (non-hydrogen) atoms. The molecule has 6 heteroatoms. The van der Waals surface area contributed by atoms with Gasteiger partial charge in [0.2, 0.25) is 0 Å². The summed E-state index contributed by atoms with van der Waals surface area (Å²) in [5.74, 6) is 0. The summed E-state index contributed by atoms with van der Waals surface area (Å²) in [5.41, 5.74) is 0. The van der Waals surface area contributed by atoms with Crippen molar-refractivity contribution in [3.8, 4) is 0 Å². The van der Waals surface area contributed by atoms with E-state index in [4.69, 9.17) is 9.26 Å². The zero-order valence-electron chi connectivity index (χ0n) is 9.49. The van der Waals surface area contributed by atoms with Gasteiger partial charge in [-0.2, -0.15) is 0 Å². The van der Waals surface area contributed by atoms with Gasteiger partial charge in [0.05, 0.1) is 0 Å². The summed E-state index contributed by atoms with van der Waals surface area (Å²) >= 11 is 0. The molecule has 0 aliphatic carbocycles. The number of hydrogen-bond donors (Lipinski definition) is 2. The van der Waals surface area contributed by atoms with Gasteiger partial charge in [-0.1, -0.05) is 0 Å². The highest BCUT2D eigenvalue weighted by Crippen LogP contribution is 2.35. The second kappa shape index (κ2) is 6.61. The van der Waals surface area contributed by atoms with E-state index < -0.39 is 7.52 Å². The SMILES string of the molecule is COP(C)(=O)NCCNC1CCOCC1. The second-order valence-electron chi connectivity index (χ2n) is 3.78. The Kier molecular flexibility index (Phi) is 5.79. The quantitative estimate of drug-likeness (QED) is 0.528. The molecule has 1 atom stereocenters. The number of rotatable bonds is 6. The first-order valence-electron chi connectivity index (χ1n) is 5.33. The third kappa shape index (κ3) is 5.64. The van der Waals surface area contributed by atoms with Gasteiger partial charge in [-0.05, 0) is 12.8 Å². The fourth-order valence-corrected chi connectivity index (χ4v) is 2.15. The number of nitrogens with one attached hydrogen (secondary N) is 2. The van der Waals surface area contributed by atoms with E-state index in [1.807, 2.05) is 0 Å². The molecule has 1 aliphatic rings. The normalized spacial score (nSPS) is 22.5. The van der Waals surface area contributed by atoms with Crippen LogP contribution in [0.1, 0.15) is 12.8 Å². The smallest absolute Gasteiger partial charge is 0.266 e. The second-order valence-corrected chi connectivity index (χ2v) is 6.15. The number of ether oxygens (including phenoxy) is 1. The molecule has 0 aromatic rings. The van der Waals surface area contributed by atoms with Crippen LogP contribution in [0.5, 0.6) is 0 Å². The first-order chi connectivity index (χ1) is 7.14. The minimum absolute atomic E-state index is 0.541. The van der Waals surface area contributed by atoms with Crippen LogP contribution in [0, 0.1) is 0 Å². The fraction of sp³-hybridized carbons (Fsp3) is 1.00. The molecule has 0 spiro atoms. The van der Waals surface area contributed by atoms with E-state index in [0.717, 1.165) is 32.6 Å². The third-order valence-corrected chi connectivity index (χ3v) is 4.02. The molecule has 1 saturated heterocycles. The first kappa shape index (κ1) is 13.1. The van der Waals surface area contributed by atoms with Gasteiger partial charge in [-0.25, -0.2) is 5.09 Å². The van der Waals surface area contributed by atoms with Crippen molar-refractivity contribution in [3.05, 3.63) is 0 Å². The van der Waals surface area contributed by atoms with Crippen molar-refractivity contribution in [1.29, 1.82) is 0 Å². The molecule has 1 rings (SSSR count). The Bertz CT molecular complexity index is 219. The fourth-order valence-electron chi connectivity index (χ4n) is 1.50. The summed E-state index contributed by atoms with van der Waals surface area (Å²) < 4.78 is 21.5. The standard InChI is InChI=1S/C9H21N2O3P/c1-13-15(2,12)11-6-5-10-9-3-7-14-8-4-9/h9-10H,3-8H2,1-2H3,(H,11,12). The maximum Gasteiger partial charge on any atom is 0.266 e. The highest BCUT2D eigenvalue weighted by molar-refractivity contribution is 7.55. The van der Waals surface area contributed by atoms with E-state index in [1.165, 1.54) is 7.11 Å². The van der Waals surface area contributed by atoms with Crippen LogP contribution in [0.2, 0.25) is 0 Å². The van der Waals surface area contributed by atoms with Crippen LogP contribution in [0.25, 0.3) is 0 Å². The minimum atomic E-state index is -2.56. The lowest BCUT2D eigenvalue weighted by Gasteiger charge is -2.23. The highest BCUT2D eigenvalue weighted by Gasteiger charge is 2.14. The minimum Gasteiger partial charge on any atom is -0.381 e. The lowest BCUT2D eigenvalue weighted by molar-refractivity contribution is 0.0782. The third-order valence-electron chi connectivity index (χ3n) is 2.53. The lowest BCUT2D eigenvalue weighted by Crippen LogP contribution is -2.38. The van der Waals surface area contributed by atoms with Crippen molar-refractivity contribution >= 4 is 7.52 Å². The van der Waals surface area contributed by atoms with Crippen LogP contribution < -0.4 is 10.4 Å². The largest absolute Gasteiger partial charge is 0.381 e. The monoisotopic (exact) mass is 236 g/mol. The van der Waals surface area contributed by atoms with Crippen molar-refractivity contribution in [2.75, 3.05) is 40.1 Å².